The van der Waals surface area contributed by atoms with Crippen LogP contribution in [-0.2, 0) is 7.05 Å². The van der Waals surface area contributed by atoms with Crippen molar-refractivity contribution in [3.8, 4) is 0 Å². The SMILES string of the molecule is Cn1cc(N)c(Sc2ncccn2)n1. The average molecular weight is 207 g/mol. The lowest BCUT2D eigenvalue weighted by Gasteiger charge is -1.95. The molecule has 0 aliphatic heterocycles. The van der Waals surface area contributed by atoms with Gasteiger partial charge in [-0.15, -0.1) is 0 Å². The molecule has 0 aliphatic rings. The monoisotopic (exact) mass is 207 g/mol. The predicted molar refractivity (Wildman–Crippen MR) is 53.8 cm³/mol. The molecule has 14 heavy (non-hydrogen) atoms. The molecule has 2 N–H and O–H groups in total. The molecule has 0 spiro atoms. The summed E-state index contributed by atoms with van der Waals surface area (Å²) in [6.45, 7) is 0. The molecule has 2 heterocycles. The van der Waals surface area contributed by atoms with Gasteiger partial charge in [-0.3, -0.25) is 4.68 Å². The molecule has 0 saturated heterocycles. The Bertz CT molecular complexity index is 425. The molecule has 2 rings (SSSR count). The molecule has 0 aromatic carbocycles. The second-order valence-corrected chi connectivity index (χ2v) is 3.65. The number of nitrogens with two attached hydrogens (primary N) is 1. The summed E-state index contributed by atoms with van der Waals surface area (Å²) in [5, 5.41) is 5.57. The third-order valence-corrected chi connectivity index (χ3v) is 2.46. The van der Waals surface area contributed by atoms with E-state index in [1.165, 1.54) is 11.8 Å². The van der Waals surface area contributed by atoms with Gasteiger partial charge in [-0.1, -0.05) is 0 Å². The van der Waals surface area contributed by atoms with Crippen LogP contribution < -0.4 is 5.73 Å². The van der Waals surface area contributed by atoms with Crippen LogP contribution >= 0.6 is 11.8 Å². The highest BCUT2D eigenvalue weighted by atomic mass is 32.2. The summed E-state index contributed by atoms with van der Waals surface area (Å²) in [7, 11) is 1.83. The normalized spacial score (nSPS) is 10.4. The molecule has 0 aliphatic carbocycles. The number of aryl methyl sites for hydroxylation is 1. The van der Waals surface area contributed by atoms with Crippen molar-refractivity contribution in [2.75, 3.05) is 5.73 Å². The van der Waals surface area contributed by atoms with E-state index < -0.39 is 0 Å². The molecule has 2 aromatic rings. The van der Waals surface area contributed by atoms with Crippen LogP contribution in [-0.4, -0.2) is 19.7 Å². The molecular formula is C8H9N5S. The van der Waals surface area contributed by atoms with E-state index >= 15 is 0 Å². The van der Waals surface area contributed by atoms with Gasteiger partial charge in [0.25, 0.3) is 0 Å². The van der Waals surface area contributed by atoms with E-state index in [4.69, 9.17) is 5.73 Å². The third-order valence-electron chi connectivity index (χ3n) is 1.55. The molecule has 0 unspecified atom stereocenters. The summed E-state index contributed by atoms with van der Waals surface area (Å²) in [6.07, 6.45) is 5.13. The minimum atomic E-state index is 0.643. The van der Waals surface area contributed by atoms with Crippen molar-refractivity contribution < 1.29 is 0 Å². The Morgan fingerprint density at radius 2 is 2.07 bits per heavy atom. The highest BCUT2D eigenvalue weighted by Crippen LogP contribution is 2.26. The van der Waals surface area contributed by atoms with E-state index in [0.717, 1.165) is 5.03 Å². The van der Waals surface area contributed by atoms with Gasteiger partial charge in [0, 0.05) is 25.6 Å². The fourth-order valence-corrected chi connectivity index (χ4v) is 1.73. The van der Waals surface area contributed by atoms with Gasteiger partial charge in [0.1, 0.15) is 5.03 Å². The maximum atomic E-state index is 5.73. The summed E-state index contributed by atoms with van der Waals surface area (Å²) in [5.74, 6) is 0. The number of nitrogens with zero attached hydrogens (tertiary/aromatic N) is 4. The summed E-state index contributed by atoms with van der Waals surface area (Å²) in [6, 6.07) is 1.77. The van der Waals surface area contributed by atoms with Gasteiger partial charge in [0.15, 0.2) is 5.16 Å². The maximum Gasteiger partial charge on any atom is 0.193 e. The van der Waals surface area contributed by atoms with Crippen molar-refractivity contribution in [2.24, 2.45) is 7.05 Å². The highest BCUT2D eigenvalue weighted by molar-refractivity contribution is 7.99. The largest absolute Gasteiger partial charge is 0.395 e. The molecule has 0 saturated carbocycles. The average Bonchev–Trinajstić information content (AvgIpc) is 2.47. The lowest BCUT2D eigenvalue weighted by molar-refractivity contribution is 0.737. The lowest BCUT2D eigenvalue weighted by atomic mass is 10.6. The Morgan fingerprint density at radius 1 is 1.36 bits per heavy atom. The van der Waals surface area contributed by atoms with Crippen molar-refractivity contribution in [2.45, 2.75) is 10.2 Å². The molecule has 5 nitrogen and oxygen atoms in total. The summed E-state index contributed by atoms with van der Waals surface area (Å²) < 4.78 is 1.67. The Morgan fingerprint density at radius 3 is 2.64 bits per heavy atom. The smallest absolute Gasteiger partial charge is 0.193 e. The molecule has 72 valence electrons. The Balaban J connectivity index is 2.23. The van der Waals surface area contributed by atoms with Gasteiger partial charge in [0.05, 0.1) is 5.69 Å². The van der Waals surface area contributed by atoms with Crippen molar-refractivity contribution >= 4 is 17.4 Å². The third kappa shape index (κ3) is 1.85. The van der Waals surface area contributed by atoms with E-state index in [0.29, 0.717) is 10.8 Å². The molecule has 2 aromatic heterocycles. The van der Waals surface area contributed by atoms with Crippen molar-refractivity contribution in [1.82, 2.24) is 19.7 Å². The van der Waals surface area contributed by atoms with Crippen molar-refractivity contribution in [3.63, 3.8) is 0 Å². The van der Waals surface area contributed by atoms with Gasteiger partial charge in [-0.05, 0) is 17.8 Å². The zero-order valence-corrected chi connectivity index (χ0v) is 8.40. The van der Waals surface area contributed by atoms with Crippen LogP contribution in [0.5, 0.6) is 0 Å². The van der Waals surface area contributed by atoms with Gasteiger partial charge in [0.2, 0.25) is 0 Å². The molecule has 0 atom stereocenters. The quantitative estimate of drug-likeness (QED) is 0.742. The van der Waals surface area contributed by atoms with Crippen LogP contribution in [0.4, 0.5) is 5.69 Å². The zero-order chi connectivity index (χ0) is 9.97. The Hall–Kier alpha value is -1.56. The first-order valence-electron chi connectivity index (χ1n) is 3.99. The van der Waals surface area contributed by atoms with E-state index in [9.17, 15) is 0 Å². The lowest BCUT2D eigenvalue weighted by Crippen LogP contribution is -1.88. The first-order valence-corrected chi connectivity index (χ1v) is 4.81. The van der Waals surface area contributed by atoms with Crippen LogP contribution in [0.2, 0.25) is 0 Å². The number of aromatic nitrogens is 4. The van der Waals surface area contributed by atoms with Gasteiger partial charge < -0.3 is 5.73 Å². The van der Waals surface area contributed by atoms with Crippen LogP contribution in [0.1, 0.15) is 0 Å². The molecule has 0 amide bonds. The van der Waals surface area contributed by atoms with Crippen LogP contribution in [0.25, 0.3) is 0 Å². The van der Waals surface area contributed by atoms with E-state index in [1.54, 1.807) is 29.3 Å². The fourth-order valence-electron chi connectivity index (χ4n) is 0.990. The standard InChI is InChI=1S/C8H9N5S/c1-13-5-6(9)7(12-13)14-8-10-3-2-4-11-8/h2-5H,9H2,1H3. The second-order valence-electron chi connectivity index (χ2n) is 2.70. The van der Waals surface area contributed by atoms with E-state index in [1.807, 2.05) is 7.05 Å². The van der Waals surface area contributed by atoms with Crippen LogP contribution in [0, 0.1) is 0 Å². The van der Waals surface area contributed by atoms with Gasteiger partial charge in [-0.2, -0.15) is 5.10 Å². The zero-order valence-electron chi connectivity index (χ0n) is 7.58. The topological polar surface area (TPSA) is 69.6 Å². The number of hydrogen-bond donors (Lipinski definition) is 1. The van der Waals surface area contributed by atoms with Crippen molar-refractivity contribution in [1.29, 1.82) is 0 Å². The number of nitrogen functional groups attached to an aromatic ring is 1. The number of rotatable bonds is 2. The summed E-state index contributed by atoms with van der Waals surface area (Å²) in [4.78, 5) is 8.14. The number of anilines is 1. The van der Waals surface area contributed by atoms with Gasteiger partial charge in [-0.25, -0.2) is 9.97 Å². The minimum Gasteiger partial charge on any atom is -0.395 e. The molecule has 0 fully saturated rings. The second kappa shape index (κ2) is 3.67. The van der Waals surface area contributed by atoms with Crippen LogP contribution in [0.3, 0.4) is 0 Å². The Labute approximate surface area is 85.4 Å². The van der Waals surface area contributed by atoms with Gasteiger partial charge >= 0.3 is 0 Å². The fraction of sp³-hybridized carbons (Fsp3) is 0.125. The Kier molecular flexibility index (Phi) is 2.36. The first kappa shape index (κ1) is 9.01. The molecule has 6 heteroatoms. The molecule has 0 bridgehead atoms. The number of hydrogen-bond acceptors (Lipinski definition) is 5. The van der Waals surface area contributed by atoms with Crippen LogP contribution in [0.15, 0.2) is 34.8 Å². The summed E-state index contributed by atoms with van der Waals surface area (Å²) in [5.41, 5.74) is 6.37. The minimum absolute atomic E-state index is 0.643. The summed E-state index contributed by atoms with van der Waals surface area (Å²) >= 11 is 1.36. The maximum absolute atomic E-state index is 5.73. The first-order chi connectivity index (χ1) is 6.75. The van der Waals surface area contributed by atoms with E-state index in [2.05, 4.69) is 15.1 Å². The van der Waals surface area contributed by atoms with E-state index in [-0.39, 0.29) is 0 Å². The highest BCUT2D eigenvalue weighted by Gasteiger charge is 2.07. The molecule has 0 radical (unpaired) electrons. The predicted octanol–water partition coefficient (Wildman–Crippen LogP) is 0.944. The molecular weight excluding hydrogens is 198 g/mol. The van der Waals surface area contributed by atoms with Crippen molar-refractivity contribution in [3.05, 3.63) is 24.7 Å².